The van der Waals surface area contributed by atoms with Crippen molar-refractivity contribution in [2.45, 2.75) is 20.3 Å². The van der Waals surface area contributed by atoms with Gasteiger partial charge in [-0.05, 0) is 42.7 Å². The average molecular weight is 204 g/mol. The second kappa shape index (κ2) is 5.35. The van der Waals surface area contributed by atoms with E-state index in [2.05, 4.69) is 0 Å². The Kier molecular flexibility index (Phi) is 4.10. The van der Waals surface area contributed by atoms with E-state index in [1.165, 1.54) is 0 Å². The average Bonchev–Trinajstić information content (AvgIpc) is 2.26. The van der Waals surface area contributed by atoms with Gasteiger partial charge >= 0.3 is 0 Å². The molecule has 0 heterocycles. The van der Waals surface area contributed by atoms with E-state index in [0.717, 1.165) is 23.3 Å². The summed E-state index contributed by atoms with van der Waals surface area (Å²) in [6, 6.07) is 7.66. The number of Topliss-reactive ketones (excluding diaryl/α,β-unsaturated/α-hetero) is 1. The van der Waals surface area contributed by atoms with Crippen molar-refractivity contribution in [2.24, 2.45) is 0 Å². The minimum Gasteiger partial charge on any atom is -0.497 e. The molecule has 15 heavy (non-hydrogen) atoms. The van der Waals surface area contributed by atoms with Gasteiger partial charge in [0, 0.05) is 0 Å². The van der Waals surface area contributed by atoms with E-state index in [4.69, 9.17) is 4.74 Å². The van der Waals surface area contributed by atoms with Crippen LogP contribution in [0.2, 0.25) is 0 Å². The van der Waals surface area contributed by atoms with Crippen molar-refractivity contribution in [1.29, 1.82) is 0 Å². The van der Waals surface area contributed by atoms with E-state index < -0.39 is 0 Å². The molecule has 0 spiro atoms. The van der Waals surface area contributed by atoms with Crippen molar-refractivity contribution in [1.82, 2.24) is 0 Å². The van der Waals surface area contributed by atoms with Gasteiger partial charge in [-0.25, -0.2) is 0 Å². The number of hydrogen-bond donors (Lipinski definition) is 0. The van der Waals surface area contributed by atoms with Crippen LogP contribution in [0.15, 0.2) is 29.8 Å². The number of carbonyl (C=O) groups excluding carboxylic acids is 1. The van der Waals surface area contributed by atoms with Gasteiger partial charge in [-0.15, -0.1) is 0 Å². The number of allylic oxidation sites excluding steroid dienone is 1. The lowest BCUT2D eigenvalue weighted by atomic mass is 10.1. The lowest BCUT2D eigenvalue weighted by molar-refractivity contribution is -0.113. The summed E-state index contributed by atoms with van der Waals surface area (Å²) in [4.78, 5) is 11.2. The standard InChI is InChI=1S/C13H16O2/c1-4-12(10(2)14)9-11-5-7-13(15-3)8-6-11/h5-9H,4H2,1-3H3/b12-9+. The zero-order chi connectivity index (χ0) is 11.3. The Balaban J connectivity index is 2.92. The van der Waals surface area contributed by atoms with E-state index in [9.17, 15) is 4.79 Å². The molecule has 0 unspecified atom stereocenters. The molecule has 1 aromatic carbocycles. The zero-order valence-electron chi connectivity index (χ0n) is 9.41. The molecule has 1 rings (SSSR count). The van der Waals surface area contributed by atoms with Gasteiger partial charge in [0.05, 0.1) is 7.11 Å². The smallest absolute Gasteiger partial charge is 0.155 e. The zero-order valence-corrected chi connectivity index (χ0v) is 9.41. The molecule has 0 atom stereocenters. The highest BCUT2D eigenvalue weighted by atomic mass is 16.5. The SMILES string of the molecule is CC/C(=C\c1ccc(OC)cc1)C(C)=O. The van der Waals surface area contributed by atoms with E-state index in [1.54, 1.807) is 14.0 Å². The third kappa shape index (κ3) is 3.24. The molecule has 80 valence electrons. The monoisotopic (exact) mass is 204 g/mol. The van der Waals surface area contributed by atoms with Crippen molar-refractivity contribution in [3.8, 4) is 5.75 Å². The molecule has 0 saturated carbocycles. The highest BCUT2D eigenvalue weighted by Gasteiger charge is 2.00. The summed E-state index contributed by atoms with van der Waals surface area (Å²) in [5, 5.41) is 0. The predicted octanol–water partition coefficient (Wildman–Crippen LogP) is 3.08. The van der Waals surface area contributed by atoms with Crippen LogP contribution in [0, 0.1) is 0 Å². The number of methoxy groups -OCH3 is 1. The molecule has 2 nitrogen and oxygen atoms in total. The summed E-state index contributed by atoms with van der Waals surface area (Å²) in [6.07, 6.45) is 2.68. The van der Waals surface area contributed by atoms with Crippen molar-refractivity contribution in [3.05, 3.63) is 35.4 Å². The predicted molar refractivity (Wildman–Crippen MR) is 61.9 cm³/mol. The van der Waals surface area contributed by atoms with E-state index in [-0.39, 0.29) is 5.78 Å². The van der Waals surface area contributed by atoms with Crippen LogP contribution in [-0.4, -0.2) is 12.9 Å². The Bertz CT molecular complexity index is 361. The summed E-state index contributed by atoms with van der Waals surface area (Å²) in [5.41, 5.74) is 1.88. The maximum absolute atomic E-state index is 11.2. The van der Waals surface area contributed by atoms with Gasteiger partial charge in [-0.3, -0.25) is 4.79 Å². The quantitative estimate of drug-likeness (QED) is 0.704. The van der Waals surface area contributed by atoms with Crippen LogP contribution in [0.5, 0.6) is 5.75 Å². The molecular weight excluding hydrogens is 188 g/mol. The molecule has 0 aliphatic rings. The van der Waals surface area contributed by atoms with Gasteiger partial charge < -0.3 is 4.74 Å². The van der Waals surface area contributed by atoms with Crippen molar-refractivity contribution < 1.29 is 9.53 Å². The van der Waals surface area contributed by atoms with Gasteiger partial charge in [-0.2, -0.15) is 0 Å². The number of benzene rings is 1. The fraction of sp³-hybridized carbons (Fsp3) is 0.308. The Labute approximate surface area is 90.6 Å². The van der Waals surface area contributed by atoms with Crippen LogP contribution in [0.1, 0.15) is 25.8 Å². The molecule has 0 aromatic heterocycles. The Morgan fingerprint density at radius 2 is 1.93 bits per heavy atom. The van der Waals surface area contributed by atoms with E-state index >= 15 is 0 Å². The molecule has 0 amide bonds. The largest absolute Gasteiger partial charge is 0.497 e. The molecule has 0 aliphatic heterocycles. The van der Waals surface area contributed by atoms with Crippen LogP contribution in [0.3, 0.4) is 0 Å². The minimum atomic E-state index is 0.133. The van der Waals surface area contributed by atoms with Crippen LogP contribution in [0.4, 0.5) is 0 Å². The fourth-order valence-electron chi connectivity index (χ4n) is 1.35. The Morgan fingerprint density at radius 3 is 2.33 bits per heavy atom. The summed E-state index contributed by atoms with van der Waals surface area (Å²) >= 11 is 0. The molecule has 0 saturated heterocycles. The molecule has 1 aromatic rings. The molecule has 0 bridgehead atoms. The third-order valence-corrected chi connectivity index (χ3v) is 2.29. The lowest BCUT2D eigenvalue weighted by Gasteiger charge is -2.01. The molecule has 2 heteroatoms. The van der Waals surface area contributed by atoms with Crippen LogP contribution in [0.25, 0.3) is 6.08 Å². The Morgan fingerprint density at radius 1 is 1.33 bits per heavy atom. The van der Waals surface area contributed by atoms with Crippen LogP contribution in [-0.2, 0) is 4.79 Å². The first-order valence-corrected chi connectivity index (χ1v) is 5.03. The first kappa shape index (κ1) is 11.5. The highest BCUT2D eigenvalue weighted by molar-refractivity contribution is 5.97. The second-order valence-electron chi connectivity index (χ2n) is 3.35. The van der Waals surface area contributed by atoms with Crippen molar-refractivity contribution >= 4 is 11.9 Å². The summed E-state index contributed by atoms with van der Waals surface area (Å²) < 4.78 is 5.06. The number of rotatable bonds is 4. The third-order valence-electron chi connectivity index (χ3n) is 2.29. The normalized spacial score (nSPS) is 11.3. The van der Waals surface area contributed by atoms with Crippen molar-refractivity contribution in [2.75, 3.05) is 7.11 Å². The minimum absolute atomic E-state index is 0.133. The lowest BCUT2D eigenvalue weighted by Crippen LogP contribution is -1.94. The number of carbonyl (C=O) groups is 1. The number of ketones is 1. The van der Waals surface area contributed by atoms with Gasteiger partial charge in [0.25, 0.3) is 0 Å². The summed E-state index contributed by atoms with van der Waals surface area (Å²) in [5.74, 6) is 0.960. The first-order valence-electron chi connectivity index (χ1n) is 5.03. The van der Waals surface area contributed by atoms with Gasteiger partial charge in [0.2, 0.25) is 0 Å². The fourth-order valence-corrected chi connectivity index (χ4v) is 1.35. The molecule has 0 fully saturated rings. The molecule has 0 radical (unpaired) electrons. The van der Waals surface area contributed by atoms with Crippen LogP contribution >= 0.6 is 0 Å². The topological polar surface area (TPSA) is 26.3 Å². The number of hydrogen-bond acceptors (Lipinski definition) is 2. The second-order valence-corrected chi connectivity index (χ2v) is 3.35. The van der Waals surface area contributed by atoms with Gasteiger partial charge in [-0.1, -0.05) is 19.1 Å². The highest BCUT2D eigenvalue weighted by Crippen LogP contribution is 2.15. The van der Waals surface area contributed by atoms with E-state index in [1.807, 2.05) is 37.3 Å². The molecule has 0 aliphatic carbocycles. The van der Waals surface area contributed by atoms with E-state index in [0.29, 0.717) is 0 Å². The summed E-state index contributed by atoms with van der Waals surface area (Å²) in [7, 11) is 1.64. The van der Waals surface area contributed by atoms with Gasteiger partial charge in [0.15, 0.2) is 5.78 Å². The molecular formula is C13H16O2. The maximum atomic E-state index is 11.2. The van der Waals surface area contributed by atoms with Crippen molar-refractivity contribution in [3.63, 3.8) is 0 Å². The summed E-state index contributed by atoms with van der Waals surface area (Å²) in [6.45, 7) is 3.58. The molecule has 0 N–H and O–H groups in total. The number of ether oxygens (including phenoxy) is 1. The van der Waals surface area contributed by atoms with Gasteiger partial charge in [0.1, 0.15) is 5.75 Å². The van der Waals surface area contributed by atoms with Crippen LogP contribution < -0.4 is 4.74 Å². The Hall–Kier alpha value is -1.57. The first-order chi connectivity index (χ1) is 7.17. The maximum Gasteiger partial charge on any atom is 0.155 e.